The maximum absolute atomic E-state index is 13.7. The number of rotatable bonds is 4. The average molecular weight is 402 g/mol. The van der Waals surface area contributed by atoms with Gasteiger partial charge in [0.05, 0.1) is 17.3 Å². The van der Waals surface area contributed by atoms with Gasteiger partial charge in [0.25, 0.3) is 0 Å². The molecule has 4 rings (SSSR count). The van der Waals surface area contributed by atoms with Crippen LogP contribution in [0.4, 0.5) is 24.7 Å². The molecule has 1 N–H and O–H groups in total. The molecule has 0 unspecified atom stereocenters. The largest absolute Gasteiger partial charge is 0.355 e. The fourth-order valence-electron chi connectivity index (χ4n) is 3.18. The summed E-state index contributed by atoms with van der Waals surface area (Å²) >= 11 is 0. The van der Waals surface area contributed by atoms with Crippen LogP contribution in [0.15, 0.2) is 30.6 Å². The van der Waals surface area contributed by atoms with Crippen LogP contribution in [0.25, 0.3) is 5.82 Å². The third kappa shape index (κ3) is 3.53. The van der Waals surface area contributed by atoms with Crippen molar-refractivity contribution in [1.29, 1.82) is 0 Å². The Bertz CT molecular complexity index is 1090. The van der Waals surface area contributed by atoms with Crippen molar-refractivity contribution in [3.8, 4) is 5.82 Å². The van der Waals surface area contributed by atoms with Gasteiger partial charge in [0.15, 0.2) is 23.3 Å². The van der Waals surface area contributed by atoms with Crippen LogP contribution in [0, 0.1) is 37.2 Å². The molecule has 10 heteroatoms. The van der Waals surface area contributed by atoms with Gasteiger partial charge in [-0.15, -0.1) is 0 Å². The Kier molecular flexibility index (Phi) is 4.69. The first-order chi connectivity index (χ1) is 13.8. The van der Waals surface area contributed by atoms with Crippen LogP contribution in [0.2, 0.25) is 0 Å². The zero-order valence-electron chi connectivity index (χ0n) is 15.7. The molecule has 3 heterocycles. The molecule has 0 aliphatic carbocycles. The molecular formula is C19H17F3N6O. The monoisotopic (exact) mass is 402 g/mol. The minimum Gasteiger partial charge on any atom is -0.355 e. The summed E-state index contributed by atoms with van der Waals surface area (Å²) < 4.78 is 41.7. The second kappa shape index (κ2) is 7.19. The second-order valence-electron chi connectivity index (χ2n) is 6.89. The highest BCUT2D eigenvalue weighted by Crippen LogP contribution is 2.26. The molecule has 3 aromatic rings. The van der Waals surface area contributed by atoms with Crippen LogP contribution >= 0.6 is 0 Å². The van der Waals surface area contributed by atoms with Gasteiger partial charge >= 0.3 is 0 Å². The zero-order chi connectivity index (χ0) is 20.7. The third-order valence-electron chi connectivity index (χ3n) is 4.73. The van der Waals surface area contributed by atoms with E-state index in [4.69, 9.17) is 0 Å². The number of hydrogen-bond acceptors (Lipinski definition) is 5. The molecule has 1 saturated heterocycles. The minimum atomic E-state index is -1.62. The number of carbonyl (C=O) groups excluding carboxylic acids is 1. The summed E-state index contributed by atoms with van der Waals surface area (Å²) in [6, 6.07) is 5.46. The first-order valence-corrected chi connectivity index (χ1v) is 8.88. The van der Waals surface area contributed by atoms with Crippen molar-refractivity contribution < 1.29 is 18.0 Å². The molecule has 1 aliphatic heterocycles. The number of amides is 1. The van der Waals surface area contributed by atoms with Crippen LogP contribution in [0.1, 0.15) is 11.4 Å². The summed E-state index contributed by atoms with van der Waals surface area (Å²) in [6.45, 7) is 4.51. The molecule has 0 bridgehead atoms. The molecule has 1 aliphatic rings. The van der Waals surface area contributed by atoms with Gasteiger partial charge in [0.2, 0.25) is 5.91 Å². The number of halogens is 3. The predicted octanol–water partition coefficient (Wildman–Crippen LogP) is 2.77. The molecule has 2 aromatic heterocycles. The normalized spacial score (nSPS) is 14.0. The van der Waals surface area contributed by atoms with E-state index in [0.717, 1.165) is 23.5 Å². The molecule has 7 nitrogen and oxygen atoms in total. The van der Waals surface area contributed by atoms with E-state index in [1.807, 2.05) is 24.8 Å². The number of hydrogen-bond donors (Lipinski definition) is 1. The van der Waals surface area contributed by atoms with Crippen molar-refractivity contribution in [3.63, 3.8) is 0 Å². The average Bonchev–Trinajstić information content (AvgIpc) is 2.99. The Morgan fingerprint density at radius 2 is 1.79 bits per heavy atom. The van der Waals surface area contributed by atoms with E-state index >= 15 is 0 Å². The maximum atomic E-state index is 13.7. The number of nitrogens with one attached hydrogen (secondary N) is 1. The lowest BCUT2D eigenvalue weighted by molar-refractivity contribution is -0.120. The van der Waals surface area contributed by atoms with E-state index in [1.54, 1.807) is 10.7 Å². The van der Waals surface area contributed by atoms with Gasteiger partial charge in [-0.3, -0.25) is 4.79 Å². The van der Waals surface area contributed by atoms with Gasteiger partial charge in [0, 0.05) is 24.8 Å². The van der Waals surface area contributed by atoms with Gasteiger partial charge in [0.1, 0.15) is 12.1 Å². The molecule has 0 saturated carbocycles. The first kappa shape index (κ1) is 18.9. The van der Waals surface area contributed by atoms with Crippen molar-refractivity contribution in [2.24, 2.45) is 5.92 Å². The van der Waals surface area contributed by atoms with Crippen LogP contribution in [0.5, 0.6) is 0 Å². The number of aromatic nitrogens is 4. The Balaban J connectivity index is 1.42. The Morgan fingerprint density at radius 1 is 1.07 bits per heavy atom. The van der Waals surface area contributed by atoms with Crippen molar-refractivity contribution in [3.05, 3.63) is 59.4 Å². The minimum absolute atomic E-state index is 0.352. The van der Waals surface area contributed by atoms with Crippen molar-refractivity contribution in [1.82, 2.24) is 19.7 Å². The lowest BCUT2D eigenvalue weighted by atomic mass is 9.99. The van der Waals surface area contributed by atoms with Gasteiger partial charge in [-0.25, -0.2) is 27.8 Å². The maximum Gasteiger partial charge on any atom is 0.231 e. The predicted molar refractivity (Wildman–Crippen MR) is 99.3 cm³/mol. The van der Waals surface area contributed by atoms with E-state index in [0.29, 0.717) is 24.7 Å². The summed E-state index contributed by atoms with van der Waals surface area (Å²) in [6.07, 6.45) is 1.42. The molecular weight excluding hydrogens is 385 g/mol. The van der Waals surface area contributed by atoms with Crippen LogP contribution < -0.4 is 10.2 Å². The van der Waals surface area contributed by atoms with Crippen molar-refractivity contribution in [2.45, 2.75) is 13.8 Å². The van der Waals surface area contributed by atoms with E-state index in [-0.39, 0.29) is 5.69 Å². The highest BCUT2D eigenvalue weighted by atomic mass is 19.2. The van der Waals surface area contributed by atoms with Crippen molar-refractivity contribution in [2.75, 3.05) is 23.3 Å². The summed E-state index contributed by atoms with van der Waals surface area (Å²) in [5.41, 5.74) is 1.41. The lowest BCUT2D eigenvalue weighted by Crippen LogP contribution is -2.52. The summed E-state index contributed by atoms with van der Waals surface area (Å²) in [5.74, 6) is -4.01. The van der Waals surface area contributed by atoms with Gasteiger partial charge in [-0.1, -0.05) is 0 Å². The van der Waals surface area contributed by atoms with Crippen LogP contribution in [0.3, 0.4) is 0 Å². The first-order valence-electron chi connectivity index (χ1n) is 8.88. The molecule has 29 heavy (non-hydrogen) atoms. The zero-order valence-corrected chi connectivity index (χ0v) is 15.7. The fraction of sp³-hybridized carbons (Fsp3) is 0.263. The van der Waals surface area contributed by atoms with Gasteiger partial charge in [-0.05, 0) is 32.0 Å². The van der Waals surface area contributed by atoms with E-state index in [2.05, 4.69) is 20.4 Å². The van der Waals surface area contributed by atoms with Gasteiger partial charge in [-0.2, -0.15) is 5.10 Å². The second-order valence-corrected chi connectivity index (χ2v) is 6.89. The molecule has 0 spiro atoms. The molecule has 1 amide bonds. The number of benzene rings is 1. The molecule has 0 radical (unpaired) electrons. The topological polar surface area (TPSA) is 75.9 Å². The molecule has 150 valence electrons. The van der Waals surface area contributed by atoms with Crippen LogP contribution in [-0.2, 0) is 4.79 Å². The lowest BCUT2D eigenvalue weighted by Gasteiger charge is -2.39. The smallest absolute Gasteiger partial charge is 0.231 e. The molecule has 1 aromatic carbocycles. The number of carbonyl (C=O) groups is 1. The van der Waals surface area contributed by atoms with Crippen molar-refractivity contribution >= 4 is 17.4 Å². The molecule has 1 fully saturated rings. The quantitative estimate of drug-likeness (QED) is 0.680. The Hall–Kier alpha value is -3.43. The number of nitrogens with zero attached hydrogens (tertiary/aromatic N) is 5. The third-order valence-corrected chi connectivity index (χ3v) is 4.73. The SMILES string of the molecule is Cc1cc(C)n(-c2cc(N3CC(C(=O)Nc4ccc(F)c(F)c4F)C3)ncn2)n1. The number of anilines is 2. The fourth-order valence-corrected chi connectivity index (χ4v) is 3.18. The van der Waals surface area contributed by atoms with E-state index in [9.17, 15) is 18.0 Å². The van der Waals surface area contributed by atoms with Crippen LogP contribution in [-0.4, -0.2) is 38.7 Å². The number of aryl methyl sites for hydroxylation is 2. The standard InChI is InChI=1S/C19H17F3N6O/c1-10-5-11(2)28(26-10)16-6-15(23-9-24-16)27-7-12(8-27)19(29)25-14-4-3-13(20)17(21)18(14)22/h3-6,9,12H,7-8H2,1-2H3,(H,25,29). The highest BCUT2D eigenvalue weighted by Gasteiger charge is 2.34. The molecule has 0 atom stereocenters. The Morgan fingerprint density at radius 3 is 2.48 bits per heavy atom. The summed E-state index contributed by atoms with van der Waals surface area (Å²) in [4.78, 5) is 22.6. The summed E-state index contributed by atoms with van der Waals surface area (Å²) in [5, 5.41) is 6.69. The summed E-state index contributed by atoms with van der Waals surface area (Å²) in [7, 11) is 0. The highest BCUT2D eigenvalue weighted by molar-refractivity contribution is 5.94. The Labute approximate surface area is 164 Å². The van der Waals surface area contributed by atoms with Gasteiger partial charge < -0.3 is 10.2 Å². The van der Waals surface area contributed by atoms with E-state index in [1.165, 1.54) is 6.33 Å². The van der Waals surface area contributed by atoms with E-state index < -0.39 is 29.3 Å².